The van der Waals surface area contributed by atoms with Crippen LogP contribution in [0.4, 0.5) is 26.3 Å². The summed E-state index contributed by atoms with van der Waals surface area (Å²) in [5.41, 5.74) is 0. The van der Waals surface area contributed by atoms with Crippen LogP contribution in [0.1, 0.15) is 86.0 Å². The number of halogens is 6. The van der Waals surface area contributed by atoms with Gasteiger partial charge in [0.15, 0.2) is 10.1 Å². The molecule has 0 aromatic carbocycles. The number of hydrogen-bond acceptors (Lipinski definition) is 3. The highest BCUT2D eigenvalue weighted by Crippen LogP contribution is 2.47. The predicted molar refractivity (Wildman–Crippen MR) is 110 cm³/mol. The largest absolute Gasteiger partial charge is 0.743 e. The van der Waals surface area contributed by atoms with E-state index in [1.165, 1.54) is 82.0 Å². The Kier molecular flexibility index (Phi) is 14.6. The monoisotopic (exact) mass is 487 g/mol. The van der Waals surface area contributed by atoms with Crippen LogP contribution in [0.25, 0.3) is 0 Å². The van der Waals surface area contributed by atoms with E-state index in [2.05, 4.69) is 27.7 Å². The summed E-state index contributed by atoms with van der Waals surface area (Å²) in [6.07, 6.45) is 11.1. The van der Waals surface area contributed by atoms with Gasteiger partial charge in [-0.25, -0.2) is 8.42 Å². The molecule has 0 heterocycles. The zero-order valence-corrected chi connectivity index (χ0v) is 20.1. The first-order valence-corrected chi connectivity index (χ1v) is 12.3. The average molecular weight is 488 g/mol. The van der Waals surface area contributed by atoms with Crippen molar-refractivity contribution in [2.24, 2.45) is 0 Å². The first-order valence-electron chi connectivity index (χ1n) is 10.9. The van der Waals surface area contributed by atoms with Gasteiger partial charge in [0.2, 0.25) is 0 Å². The van der Waals surface area contributed by atoms with Crippen LogP contribution in [0.15, 0.2) is 0 Å². The Morgan fingerprint density at radius 1 is 0.677 bits per heavy atom. The van der Waals surface area contributed by atoms with Crippen molar-refractivity contribution in [2.45, 2.75) is 103 Å². The first kappa shape index (κ1) is 32.6. The summed E-state index contributed by atoms with van der Waals surface area (Å²) in [5, 5.41) is -6.35. The fraction of sp³-hybridized carbons (Fsp3) is 1.00. The zero-order chi connectivity index (χ0) is 25.0. The van der Waals surface area contributed by atoms with E-state index < -0.39 is 34.1 Å². The normalized spacial score (nSPS) is 13.7. The van der Waals surface area contributed by atoms with Crippen molar-refractivity contribution in [1.29, 1.82) is 0 Å². The maximum atomic E-state index is 12.1. The van der Waals surface area contributed by atoms with Gasteiger partial charge < -0.3 is 9.04 Å². The second kappa shape index (κ2) is 13.9. The molecule has 0 saturated carbocycles. The second-order valence-corrected chi connectivity index (χ2v) is 9.50. The van der Waals surface area contributed by atoms with Crippen LogP contribution in [-0.2, 0) is 10.1 Å². The van der Waals surface area contributed by atoms with E-state index in [4.69, 9.17) is 0 Å². The van der Waals surface area contributed by atoms with E-state index in [0.717, 1.165) is 0 Å². The number of unbranched alkanes of at least 4 members (excludes halogenated alkanes) is 4. The summed E-state index contributed by atoms with van der Waals surface area (Å²) in [4.78, 5) is 0. The lowest BCUT2D eigenvalue weighted by atomic mass is 10.1. The smallest absolute Gasteiger partial charge is 0.402 e. The molecule has 0 aromatic rings. The molecule has 0 saturated heterocycles. The fourth-order valence-corrected chi connectivity index (χ4v) is 3.55. The van der Waals surface area contributed by atoms with Gasteiger partial charge in [0.05, 0.1) is 26.2 Å². The third kappa shape index (κ3) is 10.3. The molecule has 190 valence electrons. The lowest BCUT2D eigenvalue weighted by Crippen LogP contribution is -2.56. The van der Waals surface area contributed by atoms with Crippen LogP contribution < -0.4 is 0 Å². The molecule has 0 aromatic heterocycles. The van der Waals surface area contributed by atoms with Crippen LogP contribution >= 0.6 is 0 Å². The van der Waals surface area contributed by atoms with Gasteiger partial charge in [-0.1, -0.05) is 53.4 Å². The predicted octanol–water partition coefficient (Wildman–Crippen LogP) is 6.42. The highest BCUT2D eigenvalue weighted by Gasteiger charge is 2.72. The Labute approximate surface area is 183 Å². The van der Waals surface area contributed by atoms with Gasteiger partial charge >= 0.3 is 17.1 Å². The van der Waals surface area contributed by atoms with Crippen LogP contribution in [-0.4, -0.2) is 60.7 Å². The number of quaternary nitrogens is 1. The standard InChI is InChI=1S/C16H36N.C4H4F6O3S/c1-5-9-13-17(14-10-6-2,15-11-7-3)16-12-8-4;1-2(5,6)3(7,8)4(9,10)14(11,12)13/h5-16H2,1-4H3;1H3,(H,11,12,13)/q+1;/p-1. The molecule has 0 amide bonds. The van der Waals surface area contributed by atoms with Crippen LogP contribution in [0, 0.1) is 0 Å². The van der Waals surface area contributed by atoms with E-state index in [1.54, 1.807) is 0 Å². The average Bonchev–Trinajstić information content (AvgIpc) is 2.65. The number of hydrogen-bond donors (Lipinski definition) is 0. The van der Waals surface area contributed by atoms with Crippen molar-refractivity contribution in [1.82, 2.24) is 0 Å². The number of nitrogens with zero attached hydrogens (tertiary/aromatic N) is 1. The van der Waals surface area contributed by atoms with Gasteiger partial charge in [0.25, 0.3) is 0 Å². The van der Waals surface area contributed by atoms with E-state index in [1.807, 2.05) is 0 Å². The Morgan fingerprint density at radius 3 is 1.06 bits per heavy atom. The molecule has 0 radical (unpaired) electrons. The Balaban J connectivity index is 0. The molecule has 0 aliphatic heterocycles. The van der Waals surface area contributed by atoms with E-state index in [9.17, 15) is 39.3 Å². The summed E-state index contributed by atoms with van der Waals surface area (Å²) in [6.45, 7) is 14.4. The van der Waals surface area contributed by atoms with Crippen molar-refractivity contribution in [3.63, 3.8) is 0 Å². The maximum Gasteiger partial charge on any atom is 0.402 e. The summed E-state index contributed by atoms with van der Waals surface area (Å²) in [5.74, 6) is -11.6. The summed E-state index contributed by atoms with van der Waals surface area (Å²) < 4.78 is 102. The maximum absolute atomic E-state index is 12.1. The van der Waals surface area contributed by atoms with Crippen LogP contribution in [0.5, 0.6) is 0 Å². The van der Waals surface area contributed by atoms with Gasteiger partial charge in [-0.15, -0.1) is 0 Å². The van der Waals surface area contributed by atoms with E-state index in [-0.39, 0.29) is 0 Å². The highest BCUT2D eigenvalue weighted by molar-refractivity contribution is 7.86. The lowest BCUT2D eigenvalue weighted by Gasteiger charge is -2.39. The molecular weight excluding hydrogens is 448 g/mol. The minimum atomic E-state index is -6.86. The Bertz CT molecular complexity index is 542. The molecule has 11 heteroatoms. The summed E-state index contributed by atoms with van der Waals surface area (Å²) in [7, 11) is -6.86. The van der Waals surface area contributed by atoms with Gasteiger partial charge in [-0.05, 0) is 25.7 Å². The lowest BCUT2D eigenvalue weighted by molar-refractivity contribution is -0.929. The Hall–Kier alpha value is -0.550. The second-order valence-electron chi connectivity index (χ2n) is 8.08. The van der Waals surface area contributed by atoms with Gasteiger partial charge in [0, 0.05) is 6.92 Å². The molecule has 0 spiro atoms. The molecule has 0 aliphatic rings. The van der Waals surface area contributed by atoms with Crippen LogP contribution in [0.3, 0.4) is 0 Å². The minimum Gasteiger partial charge on any atom is -0.743 e. The highest BCUT2D eigenvalue weighted by atomic mass is 32.2. The van der Waals surface area contributed by atoms with E-state index >= 15 is 0 Å². The molecule has 0 aliphatic carbocycles. The minimum absolute atomic E-state index is 0.619. The van der Waals surface area contributed by atoms with Crippen molar-refractivity contribution in [2.75, 3.05) is 26.2 Å². The topological polar surface area (TPSA) is 57.2 Å². The fourth-order valence-electron chi connectivity index (χ4n) is 3.06. The van der Waals surface area contributed by atoms with Gasteiger partial charge in [0.1, 0.15) is 0 Å². The molecule has 0 rings (SSSR count). The van der Waals surface area contributed by atoms with E-state index in [0.29, 0.717) is 0 Å². The molecule has 0 unspecified atom stereocenters. The first-order chi connectivity index (χ1) is 14.0. The molecule has 0 bridgehead atoms. The van der Waals surface area contributed by atoms with Crippen LogP contribution in [0.2, 0.25) is 0 Å². The summed E-state index contributed by atoms with van der Waals surface area (Å²) >= 11 is 0. The van der Waals surface area contributed by atoms with Crippen molar-refractivity contribution in [3.8, 4) is 0 Å². The molecule has 4 nitrogen and oxygen atoms in total. The molecular formula is C20H39F6NO3S. The quantitative estimate of drug-likeness (QED) is 0.152. The van der Waals surface area contributed by atoms with Crippen molar-refractivity contribution < 1.29 is 43.8 Å². The van der Waals surface area contributed by atoms with Gasteiger partial charge in [-0.3, -0.25) is 0 Å². The number of alkyl halides is 6. The molecule has 0 atom stereocenters. The molecule has 31 heavy (non-hydrogen) atoms. The van der Waals surface area contributed by atoms with Crippen molar-refractivity contribution in [3.05, 3.63) is 0 Å². The number of rotatable bonds is 15. The summed E-state index contributed by atoms with van der Waals surface area (Å²) in [6, 6.07) is 0. The van der Waals surface area contributed by atoms with Crippen molar-refractivity contribution >= 4 is 10.1 Å². The third-order valence-corrected chi connectivity index (χ3v) is 6.06. The molecule has 0 N–H and O–H groups in total. The SMILES string of the molecule is CC(F)(F)C(F)(F)C(F)(F)S(=O)(=O)[O-].CCCC[N+](CCCC)(CCCC)CCCC. The van der Waals surface area contributed by atoms with Gasteiger partial charge in [-0.2, -0.15) is 26.3 Å². The zero-order valence-electron chi connectivity index (χ0n) is 19.3. The molecule has 0 fully saturated rings. The third-order valence-electron chi connectivity index (χ3n) is 5.17. The Morgan fingerprint density at radius 2 is 0.935 bits per heavy atom.